The van der Waals surface area contributed by atoms with E-state index in [1.54, 1.807) is 25.4 Å². The van der Waals surface area contributed by atoms with Crippen molar-refractivity contribution >= 4 is 10.0 Å². The van der Waals surface area contributed by atoms with Gasteiger partial charge in [0, 0.05) is 25.5 Å². The lowest BCUT2D eigenvalue weighted by atomic mass is 10.1. The number of sulfonamides is 1. The highest BCUT2D eigenvalue weighted by molar-refractivity contribution is 7.89. The fourth-order valence-electron chi connectivity index (χ4n) is 1.82. The van der Waals surface area contributed by atoms with Crippen LogP contribution < -0.4 is 0 Å². The van der Waals surface area contributed by atoms with Gasteiger partial charge in [0.2, 0.25) is 10.0 Å². The van der Waals surface area contributed by atoms with E-state index in [2.05, 4.69) is 4.98 Å². The lowest BCUT2D eigenvalue weighted by Crippen LogP contribution is -2.29. The largest absolute Gasteiger partial charge is 0.263 e. The molecule has 0 spiro atoms. The minimum atomic E-state index is -3.52. The van der Waals surface area contributed by atoms with E-state index >= 15 is 0 Å². The zero-order valence-electron chi connectivity index (χ0n) is 10.9. The second kappa shape index (κ2) is 5.50. The van der Waals surface area contributed by atoms with Crippen molar-refractivity contribution in [3.05, 3.63) is 60.4 Å². The first kappa shape index (κ1) is 13.7. The monoisotopic (exact) mass is 276 g/mol. The highest BCUT2D eigenvalue weighted by Crippen LogP contribution is 2.24. The Kier molecular flexibility index (Phi) is 3.97. The maximum atomic E-state index is 12.4. The van der Waals surface area contributed by atoms with Crippen molar-refractivity contribution in [2.24, 2.45) is 0 Å². The van der Waals surface area contributed by atoms with Crippen LogP contribution in [0.1, 0.15) is 18.5 Å². The molecule has 100 valence electrons. The molecule has 1 aromatic carbocycles. The molecule has 1 atom stereocenters. The van der Waals surface area contributed by atoms with Crippen molar-refractivity contribution in [3.63, 3.8) is 0 Å². The molecule has 2 rings (SSSR count). The van der Waals surface area contributed by atoms with Gasteiger partial charge < -0.3 is 0 Å². The van der Waals surface area contributed by atoms with Crippen LogP contribution in [0.2, 0.25) is 0 Å². The lowest BCUT2D eigenvalue weighted by molar-refractivity contribution is 0.398. The van der Waals surface area contributed by atoms with Gasteiger partial charge in [-0.1, -0.05) is 30.3 Å². The number of pyridine rings is 1. The van der Waals surface area contributed by atoms with Crippen LogP contribution in [0.4, 0.5) is 0 Å². The first-order chi connectivity index (χ1) is 9.03. The number of benzene rings is 1. The van der Waals surface area contributed by atoms with Crippen LogP contribution in [0.5, 0.6) is 0 Å². The Balaban J connectivity index is 2.32. The van der Waals surface area contributed by atoms with Crippen molar-refractivity contribution in [1.82, 2.24) is 9.29 Å². The van der Waals surface area contributed by atoms with Crippen molar-refractivity contribution in [1.29, 1.82) is 0 Å². The summed E-state index contributed by atoms with van der Waals surface area (Å²) in [5.41, 5.74) is 0.956. The fraction of sp³-hybridized carbons (Fsp3) is 0.214. The maximum absolute atomic E-state index is 12.4. The number of hydrogen-bond donors (Lipinski definition) is 0. The van der Waals surface area contributed by atoms with Crippen LogP contribution in [-0.2, 0) is 10.0 Å². The minimum Gasteiger partial charge on any atom is -0.263 e. The molecular weight excluding hydrogens is 260 g/mol. The van der Waals surface area contributed by atoms with Crippen LogP contribution in [0.15, 0.2) is 59.8 Å². The number of rotatable bonds is 4. The third-order valence-electron chi connectivity index (χ3n) is 3.14. The van der Waals surface area contributed by atoms with Gasteiger partial charge in [-0.2, -0.15) is 4.31 Å². The average Bonchev–Trinajstić information content (AvgIpc) is 2.47. The van der Waals surface area contributed by atoms with Gasteiger partial charge >= 0.3 is 0 Å². The van der Waals surface area contributed by atoms with Gasteiger partial charge in [-0.05, 0) is 24.6 Å². The summed E-state index contributed by atoms with van der Waals surface area (Å²) < 4.78 is 26.2. The van der Waals surface area contributed by atoms with Gasteiger partial charge in [-0.3, -0.25) is 4.98 Å². The molecule has 0 aliphatic heterocycles. The highest BCUT2D eigenvalue weighted by atomic mass is 32.2. The third-order valence-corrected chi connectivity index (χ3v) is 5.05. The molecule has 0 aliphatic rings. The third kappa shape index (κ3) is 2.83. The highest BCUT2D eigenvalue weighted by Gasteiger charge is 2.26. The predicted molar refractivity (Wildman–Crippen MR) is 74.0 cm³/mol. The molecule has 1 heterocycles. The normalized spacial score (nSPS) is 13.4. The summed E-state index contributed by atoms with van der Waals surface area (Å²) in [7, 11) is -1.93. The molecule has 5 heteroatoms. The van der Waals surface area contributed by atoms with Crippen LogP contribution in [-0.4, -0.2) is 24.8 Å². The molecule has 1 unspecified atom stereocenters. The van der Waals surface area contributed by atoms with Gasteiger partial charge in [0.25, 0.3) is 0 Å². The Labute approximate surface area is 113 Å². The number of hydrogen-bond acceptors (Lipinski definition) is 3. The molecule has 0 radical (unpaired) electrons. The van der Waals surface area contributed by atoms with Crippen LogP contribution in [0.3, 0.4) is 0 Å². The Morgan fingerprint density at radius 1 is 1.11 bits per heavy atom. The Hall–Kier alpha value is -1.72. The van der Waals surface area contributed by atoms with Crippen molar-refractivity contribution in [3.8, 4) is 0 Å². The summed E-state index contributed by atoms with van der Waals surface area (Å²) >= 11 is 0. The van der Waals surface area contributed by atoms with E-state index in [-0.39, 0.29) is 10.9 Å². The molecule has 0 amide bonds. The molecule has 0 saturated carbocycles. The van der Waals surface area contributed by atoms with Gasteiger partial charge in [-0.15, -0.1) is 0 Å². The topological polar surface area (TPSA) is 50.3 Å². The molecule has 0 aliphatic carbocycles. The molecule has 0 N–H and O–H groups in total. The maximum Gasteiger partial charge on any atom is 0.244 e. The molecule has 2 aromatic rings. The summed E-state index contributed by atoms with van der Waals surface area (Å²) in [6.45, 7) is 1.86. The summed E-state index contributed by atoms with van der Waals surface area (Å²) in [6, 6.07) is 12.5. The van der Waals surface area contributed by atoms with E-state index in [1.807, 2.05) is 37.3 Å². The van der Waals surface area contributed by atoms with E-state index in [1.165, 1.54) is 10.5 Å². The van der Waals surface area contributed by atoms with Crippen molar-refractivity contribution in [2.45, 2.75) is 17.9 Å². The first-order valence-electron chi connectivity index (χ1n) is 5.96. The smallest absolute Gasteiger partial charge is 0.244 e. The first-order valence-corrected chi connectivity index (χ1v) is 7.40. The number of aromatic nitrogens is 1. The van der Waals surface area contributed by atoms with Crippen LogP contribution in [0, 0.1) is 0 Å². The van der Waals surface area contributed by atoms with Gasteiger partial charge in [0.1, 0.15) is 4.90 Å². The second-order valence-corrected chi connectivity index (χ2v) is 6.29. The standard InChI is InChI=1S/C14H16N2O2S/c1-12(13-7-4-3-5-8-13)16(2)19(17,18)14-9-6-10-15-11-14/h3-12H,1-2H3. The van der Waals surface area contributed by atoms with Gasteiger partial charge in [0.15, 0.2) is 0 Å². The van der Waals surface area contributed by atoms with E-state index < -0.39 is 10.0 Å². The van der Waals surface area contributed by atoms with E-state index in [4.69, 9.17) is 0 Å². The molecular formula is C14H16N2O2S. The number of nitrogens with zero attached hydrogens (tertiary/aromatic N) is 2. The Morgan fingerprint density at radius 3 is 2.37 bits per heavy atom. The Morgan fingerprint density at radius 2 is 1.79 bits per heavy atom. The SMILES string of the molecule is CC(c1ccccc1)N(C)S(=O)(=O)c1cccnc1. The minimum absolute atomic E-state index is 0.209. The fourth-order valence-corrected chi connectivity index (χ4v) is 3.13. The van der Waals surface area contributed by atoms with Crippen molar-refractivity contribution < 1.29 is 8.42 Å². The average molecular weight is 276 g/mol. The zero-order chi connectivity index (χ0) is 13.9. The molecule has 4 nitrogen and oxygen atoms in total. The second-order valence-electron chi connectivity index (χ2n) is 4.30. The van der Waals surface area contributed by atoms with Crippen LogP contribution >= 0.6 is 0 Å². The van der Waals surface area contributed by atoms with Gasteiger partial charge in [0.05, 0.1) is 0 Å². The van der Waals surface area contributed by atoms with Crippen LogP contribution in [0.25, 0.3) is 0 Å². The summed E-state index contributed by atoms with van der Waals surface area (Å²) in [4.78, 5) is 4.07. The summed E-state index contributed by atoms with van der Waals surface area (Å²) in [6.07, 6.45) is 2.92. The summed E-state index contributed by atoms with van der Waals surface area (Å²) in [5.74, 6) is 0. The van der Waals surface area contributed by atoms with Crippen molar-refractivity contribution in [2.75, 3.05) is 7.05 Å². The van der Waals surface area contributed by atoms with E-state index in [0.29, 0.717) is 0 Å². The molecule has 0 saturated heterocycles. The van der Waals surface area contributed by atoms with E-state index in [9.17, 15) is 8.42 Å². The lowest BCUT2D eigenvalue weighted by Gasteiger charge is -2.24. The quantitative estimate of drug-likeness (QED) is 0.862. The Bertz CT molecular complexity index is 627. The molecule has 0 fully saturated rings. The predicted octanol–water partition coefficient (Wildman–Crippen LogP) is 2.46. The van der Waals surface area contributed by atoms with Gasteiger partial charge in [-0.25, -0.2) is 8.42 Å². The molecule has 0 bridgehead atoms. The zero-order valence-corrected chi connectivity index (χ0v) is 11.7. The van der Waals surface area contributed by atoms with E-state index in [0.717, 1.165) is 5.56 Å². The molecule has 1 aromatic heterocycles. The summed E-state index contributed by atoms with van der Waals surface area (Å²) in [5, 5.41) is 0. The molecule has 19 heavy (non-hydrogen) atoms.